The molecule has 0 aliphatic heterocycles. The minimum atomic E-state index is -0.289. The number of furan rings is 2. The van der Waals surface area contributed by atoms with Gasteiger partial charge >= 0.3 is 5.97 Å². The highest BCUT2D eigenvalue weighted by Gasteiger charge is 2.24. The molecule has 2 aromatic heterocycles. The summed E-state index contributed by atoms with van der Waals surface area (Å²) in [5.74, 6) is 2.52. The van der Waals surface area contributed by atoms with E-state index in [2.05, 4.69) is 0 Å². The molecule has 0 aliphatic rings. The molecule has 96 valence electrons. The lowest BCUT2D eigenvalue weighted by Crippen LogP contribution is -2.08. The van der Waals surface area contributed by atoms with E-state index >= 15 is 0 Å². The number of rotatable bonds is 4. The molecule has 0 fully saturated rings. The Kier molecular flexibility index (Phi) is 3.55. The molecule has 0 bridgehead atoms. The van der Waals surface area contributed by atoms with Crippen LogP contribution in [0.2, 0.25) is 0 Å². The van der Waals surface area contributed by atoms with Crippen molar-refractivity contribution in [3.8, 4) is 0 Å². The molecule has 0 radical (unpaired) electrons. The summed E-state index contributed by atoms with van der Waals surface area (Å²) in [7, 11) is 1.38. The summed E-state index contributed by atoms with van der Waals surface area (Å²) in [4.78, 5) is 11.5. The third kappa shape index (κ3) is 2.64. The summed E-state index contributed by atoms with van der Waals surface area (Å²) in [5.41, 5.74) is 0. The molecule has 0 N–H and O–H groups in total. The summed E-state index contributed by atoms with van der Waals surface area (Å²) in [6, 6.07) is 7.46. The first kappa shape index (κ1) is 12.5. The summed E-state index contributed by atoms with van der Waals surface area (Å²) in [6.07, 6.45) is 0.205. The van der Waals surface area contributed by atoms with Crippen LogP contribution in [-0.2, 0) is 9.53 Å². The monoisotopic (exact) mass is 248 g/mol. The van der Waals surface area contributed by atoms with Gasteiger partial charge in [-0.25, -0.2) is 0 Å². The van der Waals surface area contributed by atoms with Gasteiger partial charge in [0.2, 0.25) is 0 Å². The van der Waals surface area contributed by atoms with Crippen LogP contribution in [-0.4, -0.2) is 13.1 Å². The van der Waals surface area contributed by atoms with Gasteiger partial charge in [-0.15, -0.1) is 0 Å². The van der Waals surface area contributed by atoms with Gasteiger partial charge in [0, 0.05) is 0 Å². The van der Waals surface area contributed by atoms with Crippen LogP contribution < -0.4 is 0 Å². The van der Waals surface area contributed by atoms with E-state index < -0.39 is 0 Å². The minimum absolute atomic E-state index is 0.205. The first-order chi connectivity index (χ1) is 8.60. The molecule has 2 heterocycles. The van der Waals surface area contributed by atoms with Gasteiger partial charge in [-0.2, -0.15) is 0 Å². The van der Waals surface area contributed by atoms with Crippen molar-refractivity contribution in [2.75, 3.05) is 7.11 Å². The molecule has 2 rings (SSSR count). The quantitative estimate of drug-likeness (QED) is 0.780. The van der Waals surface area contributed by atoms with Crippen LogP contribution in [0.25, 0.3) is 0 Å². The Balaban J connectivity index is 2.31. The second-order valence-corrected chi connectivity index (χ2v) is 4.23. The largest absolute Gasteiger partial charge is 0.469 e. The number of aryl methyl sites for hydroxylation is 2. The Morgan fingerprint density at radius 1 is 1.11 bits per heavy atom. The molecule has 0 unspecified atom stereocenters. The summed E-state index contributed by atoms with van der Waals surface area (Å²) in [6.45, 7) is 3.73. The van der Waals surface area contributed by atoms with Crippen molar-refractivity contribution in [2.45, 2.75) is 26.2 Å². The van der Waals surface area contributed by atoms with E-state index in [1.807, 2.05) is 38.1 Å². The van der Waals surface area contributed by atoms with E-state index in [1.54, 1.807) is 0 Å². The average Bonchev–Trinajstić information content (AvgIpc) is 2.95. The molecule has 18 heavy (non-hydrogen) atoms. The van der Waals surface area contributed by atoms with Gasteiger partial charge in [-0.05, 0) is 38.1 Å². The van der Waals surface area contributed by atoms with Crippen LogP contribution in [0.5, 0.6) is 0 Å². The van der Waals surface area contributed by atoms with Gasteiger partial charge in [0.05, 0.1) is 19.4 Å². The van der Waals surface area contributed by atoms with Crippen LogP contribution in [0.15, 0.2) is 33.1 Å². The van der Waals surface area contributed by atoms with Crippen molar-refractivity contribution in [3.05, 3.63) is 47.3 Å². The van der Waals surface area contributed by atoms with Crippen LogP contribution in [0, 0.1) is 13.8 Å². The Morgan fingerprint density at radius 3 is 1.94 bits per heavy atom. The van der Waals surface area contributed by atoms with Crippen molar-refractivity contribution in [2.24, 2.45) is 0 Å². The van der Waals surface area contributed by atoms with Crippen LogP contribution in [0.3, 0.4) is 0 Å². The second-order valence-electron chi connectivity index (χ2n) is 4.23. The maximum atomic E-state index is 11.5. The zero-order valence-corrected chi connectivity index (χ0v) is 10.7. The zero-order valence-electron chi connectivity index (χ0n) is 10.7. The number of esters is 1. The Morgan fingerprint density at radius 2 is 1.61 bits per heavy atom. The van der Waals surface area contributed by atoms with E-state index in [4.69, 9.17) is 13.6 Å². The zero-order chi connectivity index (χ0) is 13.1. The van der Waals surface area contributed by atoms with E-state index in [0.29, 0.717) is 11.5 Å². The van der Waals surface area contributed by atoms with E-state index in [0.717, 1.165) is 11.5 Å². The standard InChI is InChI=1S/C14H16O4/c1-9-4-6-12(17-9)11(8-14(15)16-3)13-7-5-10(2)18-13/h4-7,11H,8H2,1-3H3. The van der Waals surface area contributed by atoms with Crippen LogP contribution in [0.4, 0.5) is 0 Å². The minimum Gasteiger partial charge on any atom is -0.469 e. The maximum Gasteiger partial charge on any atom is 0.306 e. The highest BCUT2D eigenvalue weighted by atomic mass is 16.5. The summed E-state index contributed by atoms with van der Waals surface area (Å²) in [5, 5.41) is 0. The second kappa shape index (κ2) is 5.12. The fourth-order valence-corrected chi connectivity index (χ4v) is 1.87. The first-order valence-electron chi connectivity index (χ1n) is 5.79. The molecule has 4 heteroatoms. The van der Waals surface area contributed by atoms with Crippen molar-refractivity contribution in [3.63, 3.8) is 0 Å². The van der Waals surface area contributed by atoms with Crippen LogP contribution in [0.1, 0.15) is 35.4 Å². The number of hydrogen-bond donors (Lipinski definition) is 0. The number of carbonyl (C=O) groups is 1. The molecule has 0 saturated carbocycles. The smallest absolute Gasteiger partial charge is 0.306 e. The fraction of sp³-hybridized carbons (Fsp3) is 0.357. The molecule has 4 nitrogen and oxygen atoms in total. The van der Waals surface area contributed by atoms with Gasteiger partial charge in [0.1, 0.15) is 23.0 Å². The average molecular weight is 248 g/mol. The maximum absolute atomic E-state index is 11.5. The molecular formula is C14H16O4. The third-order valence-corrected chi connectivity index (χ3v) is 2.81. The topological polar surface area (TPSA) is 52.6 Å². The predicted molar refractivity (Wildman–Crippen MR) is 65.4 cm³/mol. The van der Waals surface area contributed by atoms with Gasteiger partial charge in [-0.3, -0.25) is 4.79 Å². The molecule has 0 atom stereocenters. The molecular weight excluding hydrogens is 232 g/mol. The number of methoxy groups -OCH3 is 1. The molecule has 0 spiro atoms. The number of carbonyl (C=O) groups excluding carboxylic acids is 1. The predicted octanol–water partition coefficient (Wildman–Crippen LogP) is 3.18. The number of ether oxygens (including phenoxy) is 1. The van der Waals surface area contributed by atoms with Crippen molar-refractivity contribution in [1.82, 2.24) is 0 Å². The van der Waals surface area contributed by atoms with Crippen molar-refractivity contribution >= 4 is 5.97 Å². The molecule has 2 aromatic rings. The highest BCUT2D eigenvalue weighted by Crippen LogP contribution is 2.30. The Labute approximate surface area is 106 Å². The molecule has 0 amide bonds. The van der Waals surface area contributed by atoms with E-state index in [-0.39, 0.29) is 18.3 Å². The van der Waals surface area contributed by atoms with E-state index in [1.165, 1.54) is 7.11 Å². The van der Waals surface area contributed by atoms with Crippen LogP contribution >= 0.6 is 0 Å². The summed E-state index contributed by atoms with van der Waals surface area (Å²) >= 11 is 0. The third-order valence-electron chi connectivity index (χ3n) is 2.81. The first-order valence-corrected chi connectivity index (χ1v) is 5.79. The van der Waals surface area contributed by atoms with Gasteiger partial charge in [-0.1, -0.05) is 0 Å². The van der Waals surface area contributed by atoms with Gasteiger partial charge in [0.25, 0.3) is 0 Å². The van der Waals surface area contributed by atoms with Gasteiger partial charge in [0.15, 0.2) is 0 Å². The van der Waals surface area contributed by atoms with Gasteiger partial charge < -0.3 is 13.6 Å². The van der Waals surface area contributed by atoms with E-state index in [9.17, 15) is 4.79 Å². The lowest BCUT2D eigenvalue weighted by molar-refractivity contribution is -0.141. The molecule has 0 saturated heterocycles. The number of hydrogen-bond acceptors (Lipinski definition) is 4. The Hall–Kier alpha value is -1.97. The highest BCUT2D eigenvalue weighted by molar-refractivity contribution is 5.70. The SMILES string of the molecule is COC(=O)CC(c1ccc(C)o1)c1ccc(C)o1. The lowest BCUT2D eigenvalue weighted by Gasteiger charge is -2.10. The fourth-order valence-electron chi connectivity index (χ4n) is 1.87. The normalized spacial score (nSPS) is 10.9. The molecule has 0 aliphatic carbocycles. The molecule has 0 aromatic carbocycles. The van der Waals surface area contributed by atoms with Crippen molar-refractivity contribution in [1.29, 1.82) is 0 Å². The van der Waals surface area contributed by atoms with Crippen molar-refractivity contribution < 1.29 is 18.4 Å². The lowest BCUT2D eigenvalue weighted by atomic mass is 9.99. The Bertz CT molecular complexity index is 495. The summed E-state index contributed by atoms with van der Waals surface area (Å²) < 4.78 is 15.9.